The molecule has 4 nitrogen and oxygen atoms in total. The summed E-state index contributed by atoms with van der Waals surface area (Å²) in [5, 5.41) is 0. The van der Waals surface area contributed by atoms with Crippen molar-refractivity contribution in [2.75, 3.05) is 0 Å². The minimum atomic E-state index is -5.62. The van der Waals surface area contributed by atoms with Crippen LogP contribution in [0.4, 0.5) is 0 Å². The molecule has 0 N–H and O–H groups in total. The Bertz CT molecular complexity index is 94.9. The van der Waals surface area contributed by atoms with Crippen molar-refractivity contribution in [1.29, 1.82) is 0 Å². The van der Waals surface area contributed by atoms with Gasteiger partial charge in [-0.25, -0.2) is 0 Å². The van der Waals surface area contributed by atoms with E-state index in [9.17, 15) is 0 Å². The van der Waals surface area contributed by atoms with Crippen LogP contribution in [0.3, 0.4) is 0 Å². The first-order valence-corrected chi connectivity index (χ1v) is 2.54. The predicted molar refractivity (Wildman–Crippen MR) is 1.37 cm³/mol. The van der Waals surface area contributed by atoms with Crippen LogP contribution in [-0.4, -0.2) is 0 Å². The van der Waals surface area contributed by atoms with Crippen molar-refractivity contribution < 1.29 is 67.8 Å². The van der Waals surface area contributed by atoms with E-state index >= 15 is 0 Å². The summed E-state index contributed by atoms with van der Waals surface area (Å²) in [5.41, 5.74) is 0. The summed E-state index contributed by atoms with van der Waals surface area (Å²) in [6.45, 7) is 0. The summed E-state index contributed by atoms with van der Waals surface area (Å²) >= 11 is -5.62. The zero-order valence-corrected chi connectivity index (χ0v) is 7.87. The van der Waals surface area contributed by atoms with Crippen molar-refractivity contribution in [3.63, 3.8) is 0 Å². The molecule has 33 valence electrons. The molecule has 0 radical (unpaired) electrons. The predicted octanol–water partition coefficient (Wildman–Crippen LogP) is -5.62. The smallest absolute Gasteiger partial charge is 2.00 e. The van der Waals surface area contributed by atoms with E-state index in [1.807, 2.05) is 0 Å². The van der Waals surface area contributed by atoms with Crippen LogP contribution in [0, 0.1) is 0 Å². The van der Waals surface area contributed by atoms with Crippen LogP contribution in [-0.2, 0) is 40.5 Å². The summed E-state index contributed by atoms with van der Waals surface area (Å²) in [5.74, 6) is 0. The summed E-state index contributed by atoms with van der Waals surface area (Å²) in [6, 6.07) is 0. The van der Waals surface area contributed by atoms with E-state index in [1.165, 1.54) is 0 Å². The SMILES string of the molecule is [Li+].[O]=[Mn](=[O])([O-])[O-].[Zn+2]. The maximum Gasteiger partial charge on any atom is 2.00 e. The molecule has 0 atom stereocenters. The summed E-state index contributed by atoms with van der Waals surface area (Å²) in [6.07, 6.45) is 0. The van der Waals surface area contributed by atoms with Gasteiger partial charge >= 0.3 is 67.8 Å². The molecule has 0 aliphatic carbocycles. The Morgan fingerprint density at radius 2 is 1.14 bits per heavy atom. The molecule has 0 saturated heterocycles. The van der Waals surface area contributed by atoms with Crippen molar-refractivity contribution in [1.82, 2.24) is 0 Å². The van der Waals surface area contributed by atoms with Crippen molar-refractivity contribution in [2.24, 2.45) is 0 Å². The zero-order valence-electron chi connectivity index (χ0n) is 3.72. The molecule has 0 aromatic heterocycles. The number of rotatable bonds is 0. The first kappa shape index (κ1) is 15.7. The zero-order chi connectivity index (χ0) is 4.50. The molecular formula is LiMnO4Zn+. The van der Waals surface area contributed by atoms with Crippen molar-refractivity contribution in [3.05, 3.63) is 0 Å². The second-order valence-electron chi connectivity index (χ2n) is 0.378. The van der Waals surface area contributed by atoms with Gasteiger partial charge in [0.15, 0.2) is 0 Å². The molecule has 0 aliphatic heterocycles. The van der Waals surface area contributed by atoms with Gasteiger partial charge in [0.2, 0.25) is 0 Å². The minimum Gasteiger partial charge on any atom is 2.00 e. The summed E-state index contributed by atoms with van der Waals surface area (Å²) < 4.78 is 34.3. The van der Waals surface area contributed by atoms with Crippen LogP contribution in [0.25, 0.3) is 0 Å². The second-order valence-corrected chi connectivity index (χ2v) is 1.56. The fourth-order valence-electron chi connectivity index (χ4n) is 0. The van der Waals surface area contributed by atoms with Crippen LogP contribution in [0.15, 0.2) is 0 Å². The molecule has 0 rings (SSSR count). The Balaban J connectivity index is -0.0000000800. The molecule has 0 saturated carbocycles. The van der Waals surface area contributed by atoms with E-state index in [1.54, 1.807) is 0 Å². The maximum atomic E-state index is 8.58. The molecule has 0 unspecified atom stereocenters. The van der Waals surface area contributed by atoms with Gasteiger partial charge in [-0.15, -0.1) is 0 Å². The quantitative estimate of drug-likeness (QED) is 0.358. The maximum absolute atomic E-state index is 8.58. The van der Waals surface area contributed by atoms with E-state index < -0.39 is 13.4 Å². The number of hydrogen-bond acceptors (Lipinski definition) is 4. The van der Waals surface area contributed by atoms with Crippen molar-refractivity contribution in [2.45, 2.75) is 0 Å². The van der Waals surface area contributed by atoms with Crippen LogP contribution in [0.5, 0.6) is 0 Å². The average molecular weight is 191 g/mol. The Labute approximate surface area is 67.5 Å². The Morgan fingerprint density at radius 1 is 1.14 bits per heavy atom. The molecule has 0 aliphatic rings. The van der Waals surface area contributed by atoms with Gasteiger partial charge in [-0.1, -0.05) is 0 Å². The van der Waals surface area contributed by atoms with Gasteiger partial charge in [0, 0.05) is 0 Å². The van der Waals surface area contributed by atoms with E-state index in [4.69, 9.17) is 16.0 Å². The first-order valence-electron chi connectivity index (χ1n) is 0.617. The van der Waals surface area contributed by atoms with Crippen molar-refractivity contribution in [3.8, 4) is 0 Å². The van der Waals surface area contributed by atoms with E-state index in [2.05, 4.69) is 0 Å². The van der Waals surface area contributed by atoms with Crippen LogP contribution in [0.1, 0.15) is 0 Å². The normalized spacial score (nSPS) is 8.29. The van der Waals surface area contributed by atoms with Crippen LogP contribution >= 0.6 is 0 Å². The van der Waals surface area contributed by atoms with Gasteiger partial charge in [-0.2, -0.15) is 0 Å². The van der Waals surface area contributed by atoms with E-state index in [0.717, 1.165) is 0 Å². The standard InChI is InChI=1S/Li.Mn.4O.Zn/q+1;;;;2*-1;+2. The first-order chi connectivity index (χ1) is 2.00. The molecular weight excluding hydrogens is 191 g/mol. The Hall–Kier alpha value is 1.26. The molecule has 0 aromatic rings. The topological polar surface area (TPSA) is 80.3 Å². The summed E-state index contributed by atoms with van der Waals surface area (Å²) in [7, 11) is 0. The van der Waals surface area contributed by atoms with E-state index in [0.29, 0.717) is 0 Å². The minimum absolute atomic E-state index is 0. The van der Waals surface area contributed by atoms with Gasteiger partial charge in [-0.3, -0.25) is 0 Å². The molecule has 0 spiro atoms. The fourth-order valence-corrected chi connectivity index (χ4v) is 0. The molecule has 7 heteroatoms. The van der Waals surface area contributed by atoms with Gasteiger partial charge in [0.1, 0.15) is 0 Å². The molecule has 0 bridgehead atoms. The second kappa shape index (κ2) is 5.40. The average Bonchev–Trinajstić information content (AvgIpc) is 0.722. The van der Waals surface area contributed by atoms with Gasteiger partial charge < -0.3 is 0 Å². The third-order valence-corrected chi connectivity index (χ3v) is 0. The van der Waals surface area contributed by atoms with Gasteiger partial charge in [-0.05, 0) is 0 Å². The molecule has 0 aromatic carbocycles. The third-order valence-electron chi connectivity index (χ3n) is 0. The largest absolute Gasteiger partial charge is 2.00 e. The molecule has 7 heavy (non-hydrogen) atoms. The Kier molecular flexibility index (Phi) is 12.1. The molecule has 0 fully saturated rings. The molecule has 0 amide bonds. The van der Waals surface area contributed by atoms with Crippen molar-refractivity contribution >= 4 is 0 Å². The van der Waals surface area contributed by atoms with Crippen LogP contribution < -0.4 is 27.2 Å². The third kappa shape index (κ3) is 126. The molecule has 0 heterocycles. The van der Waals surface area contributed by atoms with Crippen LogP contribution in [0.2, 0.25) is 0 Å². The monoisotopic (exact) mass is 190 g/mol. The van der Waals surface area contributed by atoms with Gasteiger partial charge in [0.05, 0.1) is 0 Å². The number of hydrogen-bond donors (Lipinski definition) is 0. The Morgan fingerprint density at radius 3 is 1.14 bits per heavy atom. The fraction of sp³-hybridized carbons (Fsp3) is 0. The van der Waals surface area contributed by atoms with Gasteiger partial charge in [0.25, 0.3) is 0 Å². The van der Waals surface area contributed by atoms with E-state index in [-0.39, 0.29) is 38.3 Å². The summed E-state index contributed by atoms with van der Waals surface area (Å²) in [4.78, 5) is 0.